The van der Waals surface area contributed by atoms with E-state index in [1.54, 1.807) is 24.8 Å². The summed E-state index contributed by atoms with van der Waals surface area (Å²) >= 11 is 1.38. The molecule has 4 aromatic rings. The molecule has 156 valence electrons. The van der Waals surface area contributed by atoms with Gasteiger partial charge in [0.05, 0.1) is 23.4 Å². The summed E-state index contributed by atoms with van der Waals surface area (Å²) in [6, 6.07) is 14.8. The van der Waals surface area contributed by atoms with Crippen LogP contribution in [-0.4, -0.2) is 32.7 Å². The summed E-state index contributed by atoms with van der Waals surface area (Å²) in [5, 5.41) is 20.6. The molecule has 31 heavy (non-hydrogen) atoms. The SMILES string of the molecule is COc1cccc(-c2csc(-n3nc(C)cc3NC(=O)c3cccc([N+](=O)[O-])c3)n2)c1. The molecule has 0 aliphatic carbocycles. The van der Waals surface area contributed by atoms with Gasteiger partial charge in [0, 0.05) is 34.7 Å². The number of aromatic nitrogens is 3. The van der Waals surface area contributed by atoms with E-state index in [-0.39, 0.29) is 11.3 Å². The van der Waals surface area contributed by atoms with Crippen molar-refractivity contribution in [2.75, 3.05) is 12.4 Å². The van der Waals surface area contributed by atoms with E-state index in [1.807, 2.05) is 29.6 Å². The second kappa shape index (κ2) is 8.36. The lowest BCUT2D eigenvalue weighted by atomic mass is 10.2. The van der Waals surface area contributed by atoms with Gasteiger partial charge in [0.2, 0.25) is 5.13 Å². The van der Waals surface area contributed by atoms with E-state index < -0.39 is 10.8 Å². The molecular weight excluding hydrogens is 418 g/mol. The van der Waals surface area contributed by atoms with E-state index in [0.717, 1.165) is 17.0 Å². The minimum atomic E-state index is -0.541. The summed E-state index contributed by atoms with van der Waals surface area (Å²) in [5.74, 6) is 0.668. The number of aryl methyl sites for hydroxylation is 1. The molecule has 10 heteroatoms. The molecule has 0 aliphatic heterocycles. The largest absolute Gasteiger partial charge is 0.497 e. The summed E-state index contributed by atoms with van der Waals surface area (Å²) in [7, 11) is 1.61. The van der Waals surface area contributed by atoms with Gasteiger partial charge in [-0.2, -0.15) is 9.78 Å². The van der Waals surface area contributed by atoms with Crippen molar-refractivity contribution in [1.82, 2.24) is 14.8 Å². The predicted molar refractivity (Wildman–Crippen MR) is 117 cm³/mol. The fourth-order valence-corrected chi connectivity index (χ4v) is 3.76. The first-order valence-corrected chi connectivity index (χ1v) is 10.1. The molecule has 0 saturated carbocycles. The number of amides is 1. The highest BCUT2D eigenvalue weighted by atomic mass is 32.1. The number of ether oxygens (including phenoxy) is 1. The number of nitrogens with zero attached hydrogens (tertiary/aromatic N) is 4. The molecule has 0 unspecified atom stereocenters. The van der Waals surface area contributed by atoms with Gasteiger partial charge in [0.25, 0.3) is 11.6 Å². The fraction of sp³-hybridized carbons (Fsp3) is 0.0952. The Bertz CT molecular complexity index is 1280. The highest BCUT2D eigenvalue weighted by Crippen LogP contribution is 2.28. The summed E-state index contributed by atoms with van der Waals surface area (Å²) in [6.45, 7) is 1.80. The molecule has 0 bridgehead atoms. The first-order chi connectivity index (χ1) is 14.9. The Balaban J connectivity index is 1.62. The Morgan fingerprint density at radius 3 is 2.77 bits per heavy atom. The van der Waals surface area contributed by atoms with E-state index in [2.05, 4.69) is 15.4 Å². The molecule has 0 radical (unpaired) electrons. The number of methoxy groups -OCH3 is 1. The van der Waals surface area contributed by atoms with E-state index in [0.29, 0.717) is 16.6 Å². The van der Waals surface area contributed by atoms with Crippen LogP contribution < -0.4 is 10.1 Å². The Labute approximate surface area is 181 Å². The van der Waals surface area contributed by atoms with Crippen LogP contribution in [-0.2, 0) is 0 Å². The van der Waals surface area contributed by atoms with Crippen LogP contribution in [0.3, 0.4) is 0 Å². The zero-order chi connectivity index (χ0) is 22.0. The van der Waals surface area contributed by atoms with Crippen LogP contribution >= 0.6 is 11.3 Å². The maximum atomic E-state index is 12.7. The van der Waals surface area contributed by atoms with Crippen LogP contribution in [0.4, 0.5) is 11.5 Å². The number of hydrogen-bond acceptors (Lipinski definition) is 7. The van der Waals surface area contributed by atoms with E-state index >= 15 is 0 Å². The molecular formula is C21H17N5O4S. The first-order valence-electron chi connectivity index (χ1n) is 9.17. The van der Waals surface area contributed by atoms with E-state index in [4.69, 9.17) is 4.74 Å². The number of rotatable bonds is 6. The maximum Gasteiger partial charge on any atom is 0.270 e. The number of carbonyl (C=O) groups excluding carboxylic acids is 1. The number of nitro groups is 1. The van der Waals surface area contributed by atoms with Crippen molar-refractivity contribution in [3.8, 4) is 22.1 Å². The van der Waals surface area contributed by atoms with Gasteiger partial charge in [0.1, 0.15) is 11.6 Å². The van der Waals surface area contributed by atoms with Crippen LogP contribution in [0.2, 0.25) is 0 Å². The quantitative estimate of drug-likeness (QED) is 0.353. The first kappa shape index (κ1) is 20.2. The van der Waals surface area contributed by atoms with Gasteiger partial charge in [-0.1, -0.05) is 18.2 Å². The van der Waals surface area contributed by atoms with Gasteiger partial charge in [0.15, 0.2) is 0 Å². The molecule has 0 spiro atoms. The van der Waals surface area contributed by atoms with Crippen molar-refractivity contribution in [3.05, 3.63) is 81.3 Å². The lowest BCUT2D eigenvalue weighted by Crippen LogP contribution is -2.15. The number of non-ortho nitro benzene ring substituents is 1. The zero-order valence-electron chi connectivity index (χ0n) is 16.6. The molecule has 0 fully saturated rings. The molecule has 0 saturated heterocycles. The topological polar surface area (TPSA) is 112 Å². The third-order valence-corrected chi connectivity index (χ3v) is 5.25. The van der Waals surface area contributed by atoms with E-state index in [9.17, 15) is 14.9 Å². The molecule has 0 atom stereocenters. The van der Waals surface area contributed by atoms with Gasteiger partial charge in [-0.25, -0.2) is 4.98 Å². The molecule has 9 nitrogen and oxygen atoms in total. The lowest BCUT2D eigenvalue weighted by molar-refractivity contribution is -0.384. The molecule has 1 N–H and O–H groups in total. The minimum absolute atomic E-state index is 0.153. The van der Waals surface area contributed by atoms with Crippen molar-refractivity contribution in [3.63, 3.8) is 0 Å². The van der Waals surface area contributed by atoms with Crippen molar-refractivity contribution in [2.45, 2.75) is 6.92 Å². The summed E-state index contributed by atoms with van der Waals surface area (Å²) in [5.41, 5.74) is 2.36. The molecule has 2 heterocycles. The normalized spacial score (nSPS) is 10.6. The maximum absolute atomic E-state index is 12.7. The predicted octanol–water partition coefficient (Wildman–Crippen LogP) is 4.47. The molecule has 2 aromatic carbocycles. The standard InChI is InChI=1S/C21H17N5O4S/c1-13-9-19(23-20(27)15-6-3-7-16(10-15)26(28)29)25(24-13)21-22-18(12-31-21)14-5-4-8-17(11-14)30-2/h3-12H,1-2H3,(H,23,27). The summed E-state index contributed by atoms with van der Waals surface area (Å²) < 4.78 is 6.81. The van der Waals surface area contributed by atoms with Crippen molar-refractivity contribution < 1.29 is 14.5 Å². The highest BCUT2D eigenvalue weighted by molar-refractivity contribution is 7.12. The zero-order valence-corrected chi connectivity index (χ0v) is 17.4. The van der Waals surface area contributed by atoms with Gasteiger partial charge >= 0.3 is 0 Å². The van der Waals surface area contributed by atoms with Gasteiger partial charge in [-0.15, -0.1) is 11.3 Å². The molecule has 2 aromatic heterocycles. The number of hydrogen-bond donors (Lipinski definition) is 1. The Morgan fingerprint density at radius 2 is 2.00 bits per heavy atom. The number of nitro benzene ring substituents is 1. The second-order valence-corrected chi connectivity index (χ2v) is 7.43. The Kier molecular flexibility index (Phi) is 5.46. The molecule has 0 aliphatic rings. The third-order valence-electron chi connectivity index (χ3n) is 4.43. The number of benzene rings is 2. The van der Waals surface area contributed by atoms with Crippen LogP contribution in [0, 0.1) is 17.0 Å². The monoisotopic (exact) mass is 435 g/mol. The van der Waals surface area contributed by atoms with Crippen molar-refractivity contribution >= 4 is 28.7 Å². The Hall–Kier alpha value is -4.05. The van der Waals surface area contributed by atoms with Crippen LogP contribution in [0.15, 0.2) is 60.0 Å². The lowest BCUT2D eigenvalue weighted by Gasteiger charge is -2.06. The number of thiazole rings is 1. The summed E-state index contributed by atoms with van der Waals surface area (Å²) in [4.78, 5) is 27.8. The third kappa shape index (κ3) is 4.28. The number of nitrogens with one attached hydrogen (secondary N) is 1. The number of carbonyl (C=O) groups is 1. The fourth-order valence-electron chi connectivity index (χ4n) is 2.96. The van der Waals surface area contributed by atoms with Gasteiger partial charge in [-0.3, -0.25) is 14.9 Å². The minimum Gasteiger partial charge on any atom is -0.497 e. The van der Waals surface area contributed by atoms with Crippen LogP contribution in [0.5, 0.6) is 5.75 Å². The second-order valence-electron chi connectivity index (χ2n) is 6.59. The average Bonchev–Trinajstić information content (AvgIpc) is 3.40. The van der Waals surface area contributed by atoms with Crippen LogP contribution in [0.1, 0.15) is 16.1 Å². The molecule has 4 rings (SSSR count). The van der Waals surface area contributed by atoms with Crippen molar-refractivity contribution in [2.24, 2.45) is 0 Å². The molecule has 1 amide bonds. The average molecular weight is 435 g/mol. The van der Waals surface area contributed by atoms with Crippen LogP contribution in [0.25, 0.3) is 16.4 Å². The smallest absolute Gasteiger partial charge is 0.270 e. The van der Waals surface area contributed by atoms with E-state index in [1.165, 1.54) is 35.6 Å². The Morgan fingerprint density at radius 1 is 1.19 bits per heavy atom. The highest BCUT2D eigenvalue weighted by Gasteiger charge is 2.17. The number of anilines is 1. The van der Waals surface area contributed by atoms with Crippen molar-refractivity contribution in [1.29, 1.82) is 0 Å². The van der Waals surface area contributed by atoms with Gasteiger partial charge in [-0.05, 0) is 25.1 Å². The summed E-state index contributed by atoms with van der Waals surface area (Å²) in [6.07, 6.45) is 0. The van der Waals surface area contributed by atoms with Gasteiger partial charge < -0.3 is 10.1 Å².